The van der Waals surface area contributed by atoms with Crippen molar-refractivity contribution in [3.8, 4) is 5.75 Å². The molecule has 0 radical (unpaired) electrons. The van der Waals surface area contributed by atoms with E-state index in [9.17, 15) is 0 Å². The van der Waals surface area contributed by atoms with E-state index in [1.165, 1.54) is 15.4 Å². The fourth-order valence-electron chi connectivity index (χ4n) is 2.54. The van der Waals surface area contributed by atoms with Gasteiger partial charge < -0.3 is 15.4 Å². The second-order valence-corrected chi connectivity index (χ2v) is 7.43. The molecule has 0 aliphatic rings. The van der Waals surface area contributed by atoms with Crippen LogP contribution >= 0.6 is 11.3 Å². The van der Waals surface area contributed by atoms with E-state index in [4.69, 9.17) is 4.74 Å². The van der Waals surface area contributed by atoms with Crippen LogP contribution in [0.15, 0.2) is 29.3 Å². The van der Waals surface area contributed by atoms with Gasteiger partial charge in [0.25, 0.3) is 0 Å². The number of ether oxygens (including phenoxy) is 1. The van der Waals surface area contributed by atoms with Crippen molar-refractivity contribution in [3.05, 3.63) is 45.4 Å². The number of aliphatic imine (C=N–C) groups is 1. The molecule has 1 heterocycles. The molecule has 0 bridgehead atoms. The summed E-state index contributed by atoms with van der Waals surface area (Å²) in [6.07, 6.45) is 2.97. The van der Waals surface area contributed by atoms with Gasteiger partial charge in [-0.2, -0.15) is 0 Å². The highest BCUT2D eigenvalue weighted by Crippen LogP contribution is 2.16. The fourth-order valence-corrected chi connectivity index (χ4v) is 3.48. The van der Waals surface area contributed by atoms with Crippen molar-refractivity contribution in [1.82, 2.24) is 15.6 Å². The van der Waals surface area contributed by atoms with E-state index in [1.54, 1.807) is 18.4 Å². The van der Waals surface area contributed by atoms with E-state index in [2.05, 4.69) is 53.5 Å². The Labute approximate surface area is 160 Å². The highest BCUT2D eigenvalue weighted by atomic mass is 32.1. The zero-order valence-electron chi connectivity index (χ0n) is 16.3. The Balaban J connectivity index is 1.74. The molecule has 2 N–H and O–H groups in total. The second-order valence-electron chi connectivity index (χ2n) is 6.14. The Hall–Kier alpha value is -2.08. The van der Waals surface area contributed by atoms with Crippen LogP contribution in [-0.2, 0) is 12.8 Å². The molecule has 0 saturated heterocycles. The van der Waals surface area contributed by atoms with Gasteiger partial charge in [0, 0.05) is 30.9 Å². The molecule has 0 fully saturated rings. The minimum Gasteiger partial charge on any atom is -0.497 e. The van der Waals surface area contributed by atoms with Crippen molar-refractivity contribution in [2.24, 2.45) is 4.99 Å². The molecule has 0 atom stereocenters. The lowest BCUT2D eigenvalue weighted by molar-refractivity contribution is 0.414. The number of hydrogen-bond donors (Lipinski definition) is 2. The highest BCUT2D eigenvalue weighted by Gasteiger charge is 2.04. The van der Waals surface area contributed by atoms with Crippen LogP contribution in [0.5, 0.6) is 5.75 Å². The molecule has 2 aromatic rings. The molecule has 0 aliphatic heterocycles. The third-order valence-corrected chi connectivity index (χ3v) is 5.23. The van der Waals surface area contributed by atoms with Gasteiger partial charge >= 0.3 is 0 Å². The molecule has 0 aliphatic carbocycles. The number of guanidine groups is 1. The number of hydrogen-bond acceptors (Lipinski definition) is 4. The van der Waals surface area contributed by atoms with Crippen LogP contribution in [0.2, 0.25) is 0 Å². The highest BCUT2D eigenvalue weighted by molar-refractivity contribution is 7.11. The van der Waals surface area contributed by atoms with E-state index in [1.807, 2.05) is 12.1 Å². The van der Waals surface area contributed by atoms with E-state index < -0.39 is 0 Å². The van der Waals surface area contributed by atoms with Gasteiger partial charge in [-0.1, -0.05) is 12.1 Å². The number of thiazole rings is 1. The van der Waals surface area contributed by atoms with Crippen molar-refractivity contribution < 1.29 is 4.74 Å². The van der Waals surface area contributed by atoms with Crippen LogP contribution in [0.1, 0.15) is 34.5 Å². The van der Waals surface area contributed by atoms with Crippen molar-refractivity contribution in [2.45, 2.75) is 40.0 Å². The van der Waals surface area contributed by atoms with Gasteiger partial charge in [-0.15, -0.1) is 11.3 Å². The Morgan fingerprint density at radius 3 is 2.54 bits per heavy atom. The Morgan fingerprint density at radius 1 is 1.15 bits per heavy atom. The fraction of sp³-hybridized carbons (Fsp3) is 0.500. The third-order valence-electron chi connectivity index (χ3n) is 4.10. The Morgan fingerprint density at radius 2 is 1.92 bits per heavy atom. The number of aryl methyl sites for hydroxylation is 3. The number of nitrogens with one attached hydrogen (secondary N) is 2. The number of rotatable bonds is 9. The van der Waals surface area contributed by atoms with Gasteiger partial charge in [-0.3, -0.25) is 4.99 Å². The molecule has 142 valence electrons. The van der Waals surface area contributed by atoms with Crippen LogP contribution in [0, 0.1) is 13.8 Å². The first-order valence-electron chi connectivity index (χ1n) is 9.20. The zero-order valence-corrected chi connectivity index (χ0v) is 17.1. The summed E-state index contributed by atoms with van der Waals surface area (Å²) >= 11 is 1.78. The first kappa shape index (κ1) is 20.2. The second kappa shape index (κ2) is 10.8. The van der Waals surface area contributed by atoms with Crippen LogP contribution in [0.25, 0.3) is 0 Å². The van der Waals surface area contributed by atoms with E-state index in [0.717, 1.165) is 56.3 Å². The molecule has 1 aromatic heterocycles. The van der Waals surface area contributed by atoms with Gasteiger partial charge in [-0.05, 0) is 51.3 Å². The summed E-state index contributed by atoms with van der Waals surface area (Å²) in [6, 6.07) is 8.24. The van der Waals surface area contributed by atoms with Gasteiger partial charge in [0.15, 0.2) is 5.96 Å². The van der Waals surface area contributed by atoms with Crippen LogP contribution in [0.3, 0.4) is 0 Å². The maximum atomic E-state index is 5.19. The average molecular weight is 375 g/mol. The summed E-state index contributed by atoms with van der Waals surface area (Å²) in [5.74, 6) is 1.78. The molecule has 0 amide bonds. The van der Waals surface area contributed by atoms with Gasteiger partial charge in [0.2, 0.25) is 0 Å². The molecular weight excluding hydrogens is 344 g/mol. The molecule has 26 heavy (non-hydrogen) atoms. The first-order valence-corrected chi connectivity index (χ1v) is 10.0. The molecular formula is C20H30N4OS. The van der Waals surface area contributed by atoms with Crippen LogP contribution < -0.4 is 15.4 Å². The van der Waals surface area contributed by atoms with Gasteiger partial charge in [-0.25, -0.2) is 4.98 Å². The number of benzene rings is 1. The first-order chi connectivity index (χ1) is 12.6. The summed E-state index contributed by atoms with van der Waals surface area (Å²) in [4.78, 5) is 10.6. The van der Waals surface area contributed by atoms with Gasteiger partial charge in [0.05, 0.1) is 17.8 Å². The number of nitrogens with zero attached hydrogens (tertiary/aromatic N) is 2. The lowest BCUT2D eigenvalue weighted by Crippen LogP contribution is -2.38. The Bertz CT molecular complexity index is 675. The van der Waals surface area contributed by atoms with Crippen molar-refractivity contribution >= 4 is 17.3 Å². The Kier molecular flexibility index (Phi) is 8.41. The molecule has 2 rings (SSSR count). The predicted octanol–water partition coefficient (Wildman–Crippen LogP) is 3.50. The smallest absolute Gasteiger partial charge is 0.191 e. The summed E-state index contributed by atoms with van der Waals surface area (Å²) in [5, 5.41) is 7.89. The predicted molar refractivity (Wildman–Crippen MR) is 111 cm³/mol. The molecule has 0 spiro atoms. The summed E-state index contributed by atoms with van der Waals surface area (Å²) in [6.45, 7) is 8.78. The van der Waals surface area contributed by atoms with Crippen LogP contribution in [0.4, 0.5) is 0 Å². The van der Waals surface area contributed by atoms with E-state index in [-0.39, 0.29) is 0 Å². The molecule has 5 nitrogen and oxygen atoms in total. The topological polar surface area (TPSA) is 58.5 Å². The number of methoxy groups -OCH3 is 1. The zero-order chi connectivity index (χ0) is 18.8. The molecule has 0 unspecified atom stereocenters. The minimum absolute atomic E-state index is 0.802. The summed E-state index contributed by atoms with van der Waals surface area (Å²) in [7, 11) is 1.69. The maximum Gasteiger partial charge on any atom is 0.191 e. The quantitative estimate of drug-likeness (QED) is 0.401. The lowest BCUT2D eigenvalue weighted by Gasteiger charge is -2.10. The van der Waals surface area contributed by atoms with Crippen LogP contribution in [-0.4, -0.2) is 37.7 Å². The third kappa shape index (κ3) is 6.67. The standard InChI is InChI=1S/C20H30N4OS/c1-5-21-20(23-14-12-19-24-15(2)16(3)26-19)22-13-6-7-17-8-10-18(25-4)11-9-17/h8-11H,5-7,12-14H2,1-4H3,(H2,21,22,23). The number of aromatic nitrogens is 1. The summed E-state index contributed by atoms with van der Waals surface area (Å²) in [5.41, 5.74) is 2.46. The minimum atomic E-state index is 0.802. The molecule has 0 saturated carbocycles. The van der Waals surface area contributed by atoms with Crippen molar-refractivity contribution in [2.75, 3.05) is 26.7 Å². The van der Waals surface area contributed by atoms with Crippen molar-refractivity contribution in [1.29, 1.82) is 0 Å². The average Bonchev–Trinajstić information content (AvgIpc) is 2.97. The molecule has 1 aromatic carbocycles. The van der Waals surface area contributed by atoms with E-state index >= 15 is 0 Å². The SMILES string of the molecule is CCNC(=NCCCc1ccc(OC)cc1)NCCc1nc(C)c(C)s1. The van der Waals surface area contributed by atoms with E-state index in [0.29, 0.717) is 0 Å². The lowest BCUT2D eigenvalue weighted by atomic mass is 10.1. The monoisotopic (exact) mass is 374 g/mol. The largest absolute Gasteiger partial charge is 0.497 e. The maximum absolute atomic E-state index is 5.19. The van der Waals surface area contributed by atoms with Gasteiger partial charge in [0.1, 0.15) is 5.75 Å². The molecule has 6 heteroatoms. The summed E-state index contributed by atoms with van der Waals surface area (Å²) < 4.78 is 5.19. The normalized spacial score (nSPS) is 11.5. The van der Waals surface area contributed by atoms with Crippen molar-refractivity contribution in [3.63, 3.8) is 0 Å².